The fraction of sp³-hybridized carbons (Fsp3) is 0.390. The molecule has 27 heteroatoms. The highest BCUT2D eigenvalue weighted by Gasteiger charge is 2.28. The lowest BCUT2D eigenvalue weighted by molar-refractivity contribution is 0.0989. The molecule has 0 amide bonds. The van der Waals surface area contributed by atoms with Crippen molar-refractivity contribution in [3.05, 3.63) is 120 Å². The van der Waals surface area contributed by atoms with Gasteiger partial charge < -0.3 is 39.8 Å². The lowest BCUT2D eigenvalue weighted by Gasteiger charge is -2.35. The van der Waals surface area contributed by atoms with Crippen LogP contribution in [0.1, 0.15) is 43.5 Å². The monoisotopic (exact) mass is 1230 g/mol. The predicted octanol–water partition coefficient (Wildman–Crippen LogP) is 8.33. The van der Waals surface area contributed by atoms with E-state index in [2.05, 4.69) is 37.9 Å². The van der Waals surface area contributed by atoms with Crippen LogP contribution in [-0.4, -0.2) is 164 Å². The number of aromatic nitrogens is 9. The number of nitrogens with zero attached hydrogens (tertiary/aromatic N) is 15. The third-order valence-corrected chi connectivity index (χ3v) is 18.8. The van der Waals surface area contributed by atoms with E-state index < -0.39 is 42.5 Å². The van der Waals surface area contributed by atoms with Crippen LogP contribution < -0.4 is 20.4 Å². The van der Waals surface area contributed by atoms with Crippen molar-refractivity contribution in [2.45, 2.75) is 63.7 Å². The molecule has 3 saturated heterocycles. The summed E-state index contributed by atoms with van der Waals surface area (Å²) in [6, 6.07) is 29.7. The lowest BCUT2D eigenvalue weighted by atomic mass is 10.2. The molecule has 3 fully saturated rings. The van der Waals surface area contributed by atoms with E-state index in [-0.39, 0.29) is 58.9 Å². The fourth-order valence-electron chi connectivity index (χ4n) is 11.6. The number of benzene rings is 3. The summed E-state index contributed by atoms with van der Waals surface area (Å²) in [6.45, 7) is 9.67. The molecule has 452 valence electrons. The Morgan fingerprint density at radius 1 is 0.558 bits per heavy atom. The second-order valence-corrected chi connectivity index (χ2v) is 29.9. The number of nitrogens with two attached hydrogens (primary N) is 1. The average Bonchev–Trinajstić information content (AvgIpc) is 2.16. The summed E-state index contributed by atoms with van der Waals surface area (Å²) < 4.78 is 95.1. The summed E-state index contributed by atoms with van der Waals surface area (Å²) in [6.07, 6.45) is 6.24. The third kappa shape index (κ3) is 12.2. The van der Waals surface area contributed by atoms with E-state index >= 15 is 4.39 Å². The van der Waals surface area contributed by atoms with Gasteiger partial charge in [-0.05, 0) is 62.2 Å². The number of imidazole rings is 3. The predicted molar refractivity (Wildman–Crippen MR) is 336 cm³/mol. The van der Waals surface area contributed by atoms with Crippen molar-refractivity contribution in [3.8, 4) is 17.5 Å². The smallest absolute Gasteiger partial charge is 0.207 e. The molecule has 86 heavy (non-hydrogen) atoms. The molecule has 3 aliphatic heterocycles. The Morgan fingerprint density at radius 3 is 1.59 bits per heavy atom. The van der Waals surface area contributed by atoms with E-state index in [0.717, 1.165) is 16.9 Å². The number of anilines is 4. The number of rotatable bonds is 15. The van der Waals surface area contributed by atoms with Crippen LogP contribution in [0.25, 0.3) is 50.6 Å². The first-order valence-corrected chi connectivity index (χ1v) is 34.8. The minimum Gasteiger partial charge on any atom is -0.388 e. The molecule has 0 aliphatic carbocycles. The highest BCUT2D eigenvalue weighted by Crippen LogP contribution is 2.36. The molecule has 9 aromatic rings. The first-order valence-electron chi connectivity index (χ1n) is 28.3. The zero-order valence-electron chi connectivity index (χ0n) is 48.9. The minimum absolute atomic E-state index is 0.00291. The normalized spacial score (nSPS) is 19.3. The van der Waals surface area contributed by atoms with Crippen LogP contribution in [0.3, 0.4) is 0 Å². The van der Waals surface area contributed by atoms with Gasteiger partial charge in [0.05, 0.1) is 104 Å². The molecule has 12 rings (SSSR count). The third-order valence-electron chi connectivity index (χ3n) is 15.4. The molecule has 0 bridgehead atoms. The van der Waals surface area contributed by atoms with Gasteiger partial charge in [-0.15, -0.1) is 0 Å². The first-order chi connectivity index (χ1) is 41.2. The fourth-order valence-corrected chi connectivity index (χ4v) is 14.9. The number of fused-ring (bicyclic) bond motifs is 3. The number of aliphatic hydroxyl groups is 1. The van der Waals surface area contributed by atoms with E-state index in [1.54, 1.807) is 44.8 Å². The number of halogens is 1. The maximum absolute atomic E-state index is 15.6. The van der Waals surface area contributed by atoms with Gasteiger partial charge in [0.2, 0.25) is 5.95 Å². The quantitative estimate of drug-likeness (QED) is 0.0977. The van der Waals surface area contributed by atoms with Crippen LogP contribution in [0, 0.1) is 0 Å². The van der Waals surface area contributed by atoms with Gasteiger partial charge >= 0.3 is 0 Å². The molecule has 23 nitrogen and oxygen atoms in total. The van der Waals surface area contributed by atoms with Crippen molar-refractivity contribution >= 4 is 103 Å². The minimum atomic E-state index is -3.12. The topological polar surface area (TPSA) is 264 Å². The number of nitrogen functional groups attached to an aromatic ring is 1. The molecule has 0 saturated carbocycles. The molecule has 5 atom stereocenters. The number of hydrogen-bond acceptors (Lipinski definition) is 20. The van der Waals surface area contributed by atoms with Gasteiger partial charge in [-0.1, -0.05) is 30.3 Å². The molecule has 0 radical (unpaired) electrons. The van der Waals surface area contributed by atoms with Crippen LogP contribution in [0.2, 0.25) is 0 Å². The van der Waals surface area contributed by atoms with Crippen LogP contribution in [0.4, 0.5) is 44.9 Å². The van der Waals surface area contributed by atoms with E-state index in [4.69, 9.17) is 53.6 Å². The van der Waals surface area contributed by atoms with Crippen molar-refractivity contribution in [2.75, 3.05) is 105 Å². The molecule has 3 N–H and O–H groups in total. The maximum Gasteiger partial charge on any atom is 0.207 e. The summed E-state index contributed by atoms with van der Waals surface area (Å²) in [5.74, 6) is 2.42. The number of aliphatic hydroxyl groups excluding tert-OH is 1. The summed E-state index contributed by atoms with van der Waals surface area (Å²) in [5, 5.41) is 10.7. The van der Waals surface area contributed by atoms with Crippen LogP contribution in [-0.2, 0) is 68.2 Å². The summed E-state index contributed by atoms with van der Waals surface area (Å²) in [5.41, 5.74) is 13.6. The molecule has 6 aromatic heterocycles. The number of pyridine rings is 3. The Labute approximate surface area is 498 Å². The van der Waals surface area contributed by atoms with Gasteiger partial charge in [-0.3, -0.25) is 13.7 Å². The second-order valence-electron chi connectivity index (χ2n) is 22.6. The standard InChI is InChI=1S/C59H69FN16O7S3/c1-37-32-81-20-17-71(37)42-24-50(68-84(4,5)78)64-53(27-42)74-48-16-15-40(23-46(48)62-57(74)31-77)35-85(6,79)69-51-25-43(72-18-21-82-33-38(72)2)28-54(65-51)75-49-14-10-11-41(58(49)67-56(75)30-60)36-86(7,80)70-52-26-44(73-19-22-83-34-39(73)3)29-55(66-52)76-47-13-9-8-12-45(47)63-59(76)61/h8-16,23-29,37-39,77H,17-22,30-36H2,1-7H3,(H2,61,63)/t37-,38-,39-,85?,86?/m1/s1. The van der Waals surface area contributed by atoms with E-state index in [0.29, 0.717) is 127 Å². The molecule has 9 heterocycles. The SMILES string of the molecule is C[C@@H]1COCCN1c1cc(N=S(C)(=O)Cc2cccc3c2nc(CF)n3-c2cc(N3CCOC[C@H]3C)cc(N=S(C)(=O)Cc3ccc4c(c3)nc(CO)n4-c3cc(N4CCOC[C@H]4C)cc(N=S(C)(C)=O)n3)n2)nc(-n2c(N)nc3ccccc32)c1. The largest absolute Gasteiger partial charge is 0.388 e. The zero-order chi connectivity index (χ0) is 60.2. The maximum atomic E-state index is 15.6. The summed E-state index contributed by atoms with van der Waals surface area (Å²) in [7, 11) is -8.82. The number of ether oxygens (including phenoxy) is 3. The summed E-state index contributed by atoms with van der Waals surface area (Å²) >= 11 is 0. The Hall–Kier alpha value is -7.66. The van der Waals surface area contributed by atoms with Gasteiger partial charge in [0.15, 0.2) is 17.5 Å². The number of para-hydroxylation sites is 3. The van der Waals surface area contributed by atoms with Crippen molar-refractivity contribution in [1.82, 2.24) is 43.6 Å². The van der Waals surface area contributed by atoms with Gasteiger partial charge in [0, 0.05) is 126 Å². The van der Waals surface area contributed by atoms with Gasteiger partial charge in [-0.25, -0.2) is 46.9 Å². The van der Waals surface area contributed by atoms with Crippen LogP contribution in [0.15, 0.2) is 110 Å². The van der Waals surface area contributed by atoms with E-state index in [9.17, 15) is 17.7 Å². The number of morpholine rings is 3. The van der Waals surface area contributed by atoms with Gasteiger partial charge in [0.25, 0.3) is 0 Å². The van der Waals surface area contributed by atoms with Gasteiger partial charge in [0.1, 0.15) is 42.4 Å². The Balaban J connectivity index is 0.897. The van der Waals surface area contributed by atoms with E-state index in [1.165, 1.54) is 0 Å². The van der Waals surface area contributed by atoms with E-state index in [1.807, 2.05) is 97.9 Å². The molecular formula is C59H69FN16O7S3. The van der Waals surface area contributed by atoms with Crippen molar-refractivity contribution < 1.29 is 36.3 Å². The van der Waals surface area contributed by atoms with Crippen LogP contribution >= 0.6 is 0 Å². The molecule has 3 aliphatic rings. The highest BCUT2D eigenvalue weighted by atomic mass is 32.2. The first kappa shape index (κ1) is 58.7. The molecule has 2 unspecified atom stereocenters. The molecule has 3 aromatic carbocycles. The zero-order valence-corrected chi connectivity index (χ0v) is 51.4. The molecule has 0 spiro atoms. The Morgan fingerprint density at radius 2 is 1.06 bits per heavy atom. The summed E-state index contributed by atoms with van der Waals surface area (Å²) in [4.78, 5) is 35.5. The molecular weight excluding hydrogens is 1160 g/mol. The van der Waals surface area contributed by atoms with Crippen molar-refractivity contribution in [2.24, 2.45) is 13.1 Å². The Kier molecular flexibility index (Phi) is 16.1. The lowest BCUT2D eigenvalue weighted by Crippen LogP contribution is -2.43. The van der Waals surface area contributed by atoms with Gasteiger partial charge in [-0.2, -0.15) is 13.1 Å². The van der Waals surface area contributed by atoms with Crippen LogP contribution in [0.5, 0.6) is 0 Å². The van der Waals surface area contributed by atoms with Crippen molar-refractivity contribution in [1.29, 1.82) is 0 Å². The second kappa shape index (κ2) is 23.6. The number of alkyl halides is 1. The number of hydrogen-bond donors (Lipinski definition) is 2. The van der Waals surface area contributed by atoms with Crippen molar-refractivity contribution in [3.63, 3.8) is 0 Å². The highest BCUT2D eigenvalue weighted by molar-refractivity contribution is 7.92. The Bertz CT molecular complexity index is 4500. The average molecular weight is 1230 g/mol.